The molecule has 0 amide bonds. The molecule has 0 heterocycles. The summed E-state index contributed by atoms with van der Waals surface area (Å²) in [5.41, 5.74) is 22.9. The molecule has 8 aromatic rings. The Balaban J connectivity index is 0.000000177. The molecule has 6 heteroatoms. The lowest BCUT2D eigenvalue weighted by atomic mass is 10.0. The maximum atomic E-state index is 2.56. The van der Waals surface area contributed by atoms with Crippen LogP contribution in [-0.2, 0) is 0 Å². The van der Waals surface area contributed by atoms with Crippen LogP contribution in [0.4, 0.5) is 0 Å². The van der Waals surface area contributed by atoms with Crippen LogP contribution in [-0.4, -0.2) is 74.0 Å². The second kappa shape index (κ2) is 24.5. The zero-order valence-electron chi connectivity index (χ0n) is 43.8. The van der Waals surface area contributed by atoms with Crippen LogP contribution >= 0.6 is 0 Å². The lowest BCUT2D eigenvalue weighted by molar-refractivity contribution is -0.00100. The van der Waals surface area contributed by atoms with Crippen LogP contribution in [0.5, 0.6) is 0 Å². The van der Waals surface area contributed by atoms with Gasteiger partial charge in [0.2, 0.25) is 0 Å². The molecule has 4 aliphatic rings. The lowest BCUT2D eigenvalue weighted by Crippen LogP contribution is -3.00. The van der Waals surface area contributed by atoms with Gasteiger partial charge in [0, 0.05) is 0 Å². The van der Waals surface area contributed by atoms with Crippen molar-refractivity contribution in [1.82, 2.24) is 19.6 Å². The van der Waals surface area contributed by atoms with Gasteiger partial charge in [-0.25, -0.2) is 0 Å². The first kappa shape index (κ1) is 53.4. The van der Waals surface area contributed by atoms with Crippen LogP contribution in [0.3, 0.4) is 0 Å². The van der Waals surface area contributed by atoms with Gasteiger partial charge in [-0.05, 0) is 169 Å². The number of halogens is 2. The van der Waals surface area contributed by atoms with Crippen LogP contribution in [0.25, 0.3) is 44.5 Å². The highest BCUT2D eigenvalue weighted by Crippen LogP contribution is 2.49. The second-order valence-electron chi connectivity index (χ2n) is 21.1. The fourth-order valence-corrected chi connectivity index (χ4v) is 13.1. The molecule has 0 atom stereocenters. The van der Waals surface area contributed by atoms with E-state index >= 15 is 0 Å². The van der Waals surface area contributed by atoms with Gasteiger partial charge in [-0.3, -0.25) is 19.6 Å². The Bertz CT molecular complexity index is 2540. The summed E-state index contributed by atoms with van der Waals surface area (Å²) in [6.45, 7) is 4.53. The highest BCUT2D eigenvalue weighted by Gasteiger charge is 2.34. The average molecular weight is 1110 g/mol. The SMILES string of the molecule is CN(CCCCCCN(C)C1c2ccccc2-c2ccccc21)C1c2ccccc2-c2ccccc21.CN(CCCCCCN(C)C1c2ccccc2-c2ccccc21)C1c2ccccc2-c2ccccc21.[Br-].[Br-]. The van der Waals surface area contributed by atoms with E-state index in [2.05, 4.69) is 242 Å². The van der Waals surface area contributed by atoms with Crippen molar-refractivity contribution in [2.24, 2.45) is 0 Å². The lowest BCUT2D eigenvalue weighted by Gasteiger charge is -2.27. The van der Waals surface area contributed by atoms with Gasteiger partial charge in [0.05, 0.1) is 24.2 Å². The maximum absolute atomic E-state index is 2.56. The molecule has 0 spiro atoms. The second-order valence-corrected chi connectivity index (χ2v) is 21.1. The van der Waals surface area contributed by atoms with E-state index in [-0.39, 0.29) is 34.0 Å². The van der Waals surface area contributed by atoms with Crippen LogP contribution in [0.15, 0.2) is 194 Å². The molecular weight excluding hydrogens is 1030 g/mol. The first-order valence-corrected chi connectivity index (χ1v) is 27.0. The van der Waals surface area contributed by atoms with E-state index in [0.717, 1.165) is 26.2 Å². The summed E-state index contributed by atoms with van der Waals surface area (Å²) in [6, 6.07) is 73.0. The first-order valence-electron chi connectivity index (χ1n) is 27.0. The normalized spacial score (nSPS) is 13.8. The molecule has 0 radical (unpaired) electrons. The van der Waals surface area contributed by atoms with E-state index in [0.29, 0.717) is 24.2 Å². The molecule has 0 saturated carbocycles. The van der Waals surface area contributed by atoms with Crippen molar-refractivity contribution in [3.8, 4) is 44.5 Å². The van der Waals surface area contributed by atoms with Crippen molar-refractivity contribution < 1.29 is 34.0 Å². The minimum absolute atomic E-state index is 0. The highest BCUT2D eigenvalue weighted by molar-refractivity contribution is 5.81. The number of nitrogens with zero attached hydrogens (tertiary/aromatic N) is 4. The van der Waals surface area contributed by atoms with E-state index in [1.807, 2.05) is 0 Å². The summed E-state index contributed by atoms with van der Waals surface area (Å²) in [6.07, 6.45) is 10.1. The number of benzene rings is 8. The molecular formula is C68H72Br2N4-2. The molecule has 0 fully saturated rings. The Morgan fingerprint density at radius 1 is 0.216 bits per heavy atom. The van der Waals surface area contributed by atoms with Crippen LogP contribution in [0, 0.1) is 0 Å². The van der Waals surface area contributed by atoms with Crippen LogP contribution in [0.1, 0.15) is 120 Å². The highest BCUT2D eigenvalue weighted by atomic mass is 79.9. The van der Waals surface area contributed by atoms with Gasteiger partial charge in [-0.15, -0.1) is 0 Å². The van der Waals surface area contributed by atoms with E-state index in [1.54, 1.807) is 0 Å². The van der Waals surface area contributed by atoms with E-state index < -0.39 is 0 Å². The molecule has 0 aromatic heterocycles. The molecule has 0 aliphatic heterocycles. The Hall–Kier alpha value is -5.44. The maximum Gasteiger partial charge on any atom is 0.0611 e. The van der Waals surface area contributed by atoms with Gasteiger partial charge in [0.15, 0.2) is 0 Å². The van der Waals surface area contributed by atoms with Crippen molar-refractivity contribution in [3.63, 3.8) is 0 Å². The largest absolute Gasteiger partial charge is 1.00 e. The van der Waals surface area contributed by atoms with Crippen LogP contribution in [0.2, 0.25) is 0 Å². The summed E-state index contributed by atoms with van der Waals surface area (Å²) in [5, 5.41) is 0. The Morgan fingerprint density at radius 3 is 0.500 bits per heavy atom. The van der Waals surface area contributed by atoms with Crippen molar-refractivity contribution >= 4 is 0 Å². The number of fused-ring (bicyclic) bond motifs is 12. The minimum atomic E-state index is 0. The summed E-state index contributed by atoms with van der Waals surface area (Å²) in [4.78, 5) is 10.2. The van der Waals surface area contributed by atoms with Crippen molar-refractivity contribution in [1.29, 1.82) is 0 Å². The summed E-state index contributed by atoms with van der Waals surface area (Å²) >= 11 is 0. The van der Waals surface area contributed by atoms with Crippen molar-refractivity contribution in [2.45, 2.75) is 75.5 Å². The molecule has 8 aromatic carbocycles. The van der Waals surface area contributed by atoms with E-state index in [4.69, 9.17) is 0 Å². The molecule has 0 N–H and O–H groups in total. The predicted molar refractivity (Wildman–Crippen MR) is 302 cm³/mol. The van der Waals surface area contributed by atoms with Crippen LogP contribution < -0.4 is 34.0 Å². The fourth-order valence-electron chi connectivity index (χ4n) is 13.1. The average Bonchev–Trinajstić information content (AvgIpc) is 4.16. The Kier molecular flexibility index (Phi) is 17.7. The standard InChI is InChI=1S/2C34H36N2.2BrH/c2*1-35(33-29-19-9-5-15-25(29)26-16-6-10-20-30(26)33)23-13-3-4-14-24-36(2)34-31-21-11-7-17-27(31)28-18-8-12-22-32(28)34;;/h2*5-12,15-22,33-34H,3-4,13-14,23-24H2,1-2H3;2*1H/p-2. The molecule has 0 bridgehead atoms. The Morgan fingerprint density at radius 2 is 0.351 bits per heavy atom. The predicted octanol–water partition coefficient (Wildman–Crippen LogP) is 9.91. The van der Waals surface area contributed by atoms with Crippen molar-refractivity contribution in [3.05, 3.63) is 239 Å². The van der Waals surface area contributed by atoms with Gasteiger partial charge < -0.3 is 34.0 Å². The van der Waals surface area contributed by atoms with Crippen molar-refractivity contribution in [2.75, 3.05) is 54.4 Å². The molecule has 0 unspecified atom stereocenters. The zero-order valence-corrected chi connectivity index (χ0v) is 47.0. The van der Waals surface area contributed by atoms with Gasteiger partial charge >= 0.3 is 0 Å². The smallest absolute Gasteiger partial charge is 0.0611 e. The number of rotatable bonds is 18. The molecule has 0 saturated heterocycles. The molecule has 380 valence electrons. The summed E-state index contributed by atoms with van der Waals surface area (Å²) in [5.74, 6) is 0. The van der Waals surface area contributed by atoms with E-state index in [9.17, 15) is 0 Å². The summed E-state index contributed by atoms with van der Waals surface area (Å²) < 4.78 is 0. The third-order valence-corrected chi connectivity index (χ3v) is 16.5. The quantitative estimate of drug-likeness (QED) is 0.0795. The molecule has 4 aliphatic carbocycles. The van der Waals surface area contributed by atoms with Gasteiger partial charge in [-0.1, -0.05) is 220 Å². The minimum Gasteiger partial charge on any atom is -1.00 e. The number of unbranched alkanes of at least 4 members (excludes halogenated alkanes) is 6. The summed E-state index contributed by atoms with van der Waals surface area (Å²) in [7, 11) is 9.19. The molecule has 74 heavy (non-hydrogen) atoms. The molecule has 12 rings (SSSR count). The zero-order chi connectivity index (χ0) is 49.0. The third kappa shape index (κ3) is 10.6. The number of hydrogen-bond donors (Lipinski definition) is 0. The fraction of sp³-hybridized carbons (Fsp3) is 0.294. The number of hydrogen-bond acceptors (Lipinski definition) is 4. The van der Waals surface area contributed by atoms with E-state index in [1.165, 1.54) is 140 Å². The topological polar surface area (TPSA) is 13.0 Å². The van der Waals surface area contributed by atoms with Gasteiger partial charge in [0.25, 0.3) is 0 Å². The third-order valence-electron chi connectivity index (χ3n) is 16.5. The van der Waals surface area contributed by atoms with Gasteiger partial charge in [0.1, 0.15) is 0 Å². The monoisotopic (exact) mass is 1100 g/mol. The first-order chi connectivity index (χ1) is 35.5. The Labute approximate surface area is 463 Å². The molecule has 4 nitrogen and oxygen atoms in total. The van der Waals surface area contributed by atoms with Gasteiger partial charge in [-0.2, -0.15) is 0 Å².